The quantitative estimate of drug-likeness (QED) is 0.721. The lowest BCUT2D eigenvalue weighted by atomic mass is 10.2. The van der Waals surface area contributed by atoms with Crippen molar-refractivity contribution >= 4 is 22.3 Å². The summed E-state index contributed by atoms with van der Waals surface area (Å²) in [5, 5.41) is 5.46. The van der Waals surface area contributed by atoms with Crippen molar-refractivity contribution in [2.24, 2.45) is 0 Å². The number of hydrogen-bond acceptors (Lipinski definition) is 3. The molecule has 2 aromatic heterocycles. The Bertz CT molecular complexity index is 630. The molecule has 2 heterocycles. The standard InChI is InChI=1S/C14H11N3/c1-2-4-12(5-3-1)17-14-13-10-15-8-6-11(13)7-9-16-14/h1-10H,(H,16,17). The minimum Gasteiger partial charge on any atom is -0.340 e. The Morgan fingerprint density at radius 3 is 2.59 bits per heavy atom. The first kappa shape index (κ1) is 9.78. The van der Waals surface area contributed by atoms with E-state index in [0.29, 0.717) is 0 Å². The number of nitrogens with one attached hydrogen (secondary N) is 1. The lowest BCUT2D eigenvalue weighted by molar-refractivity contribution is 1.31. The molecule has 0 radical (unpaired) electrons. The molecular formula is C14H11N3. The number of nitrogens with zero attached hydrogens (tertiary/aromatic N) is 2. The zero-order valence-corrected chi connectivity index (χ0v) is 9.17. The van der Waals surface area contributed by atoms with E-state index in [9.17, 15) is 0 Å². The van der Waals surface area contributed by atoms with E-state index in [1.165, 1.54) is 0 Å². The molecule has 3 nitrogen and oxygen atoms in total. The molecule has 0 fully saturated rings. The van der Waals surface area contributed by atoms with Crippen LogP contribution in [0.4, 0.5) is 11.5 Å². The molecule has 0 bridgehead atoms. The number of rotatable bonds is 2. The van der Waals surface area contributed by atoms with Crippen molar-refractivity contribution in [3.05, 3.63) is 61.1 Å². The molecule has 3 heteroatoms. The molecule has 82 valence electrons. The molecule has 0 saturated heterocycles. The normalized spacial score (nSPS) is 10.4. The first-order chi connectivity index (χ1) is 8.43. The summed E-state index contributed by atoms with van der Waals surface area (Å²) in [6.45, 7) is 0. The van der Waals surface area contributed by atoms with Crippen LogP contribution in [-0.4, -0.2) is 9.97 Å². The van der Waals surface area contributed by atoms with E-state index in [2.05, 4.69) is 15.3 Å². The Morgan fingerprint density at radius 1 is 0.882 bits per heavy atom. The van der Waals surface area contributed by atoms with E-state index in [1.807, 2.05) is 48.7 Å². The molecule has 0 unspecified atom stereocenters. The third-order valence-electron chi connectivity index (χ3n) is 2.60. The highest BCUT2D eigenvalue weighted by Crippen LogP contribution is 2.22. The summed E-state index contributed by atoms with van der Waals surface area (Å²) in [6, 6.07) is 14.0. The molecule has 3 aromatic rings. The summed E-state index contributed by atoms with van der Waals surface area (Å²) in [4.78, 5) is 8.49. The van der Waals surface area contributed by atoms with Crippen LogP contribution in [-0.2, 0) is 0 Å². The second kappa shape index (κ2) is 4.22. The molecule has 0 aliphatic heterocycles. The molecule has 1 N–H and O–H groups in total. The van der Waals surface area contributed by atoms with Gasteiger partial charge in [-0.15, -0.1) is 0 Å². The number of benzene rings is 1. The van der Waals surface area contributed by atoms with Crippen LogP contribution in [0.2, 0.25) is 0 Å². The second-order valence-electron chi connectivity index (χ2n) is 3.75. The molecule has 0 atom stereocenters. The topological polar surface area (TPSA) is 37.8 Å². The molecule has 0 aliphatic carbocycles. The Balaban J connectivity index is 2.06. The highest BCUT2D eigenvalue weighted by atomic mass is 15.0. The number of para-hydroxylation sites is 1. The maximum atomic E-state index is 4.35. The van der Waals surface area contributed by atoms with Crippen LogP contribution in [0.15, 0.2) is 61.1 Å². The van der Waals surface area contributed by atoms with Crippen LogP contribution < -0.4 is 5.32 Å². The van der Waals surface area contributed by atoms with Crippen LogP contribution in [0.25, 0.3) is 10.8 Å². The Morgan fingerprint density at radius 2 is 1.71 bits per heavy atom. The van der Waals surface area contributed by atoms with Crippen LogP contribution in [0.3, 0.4) is 0 Å². The van der Waals surface area contributed by atoms with E-state index < -0.39 is 0 Å². The van der Waals surface area contributed by atoms with Gasteiger partial charge >= 0.3 is 0 Å². The highest BCUT2D eigenvalue weighted by Gasteiger charge is 2.01. The fourth-order valence-electron chi connectivity index (χ4n) is 1.77. The van der Waals surface area contributed by atoms with E-state index >= 15 is 0 Å². The van der Waals surface area contributed by atoms with Gasteiger partial charge in [-0.1, -0.05) is 18.2 Å². The van der Waals surface area contributed by atoms with Gasteiger partial charge in [0.2, 0.25) is 0 Å². The summed E-state index contributed by atoms with van der Waals surface area (Å²) in [5.41, 5.74) is 1.02. The van der Waals surface area contributed by atoms with Crippen molar-refractivity contribution in [3.8, 4) is 0 Å². The summed E-state index contributed by atoms with van der Waals surface area (Å²) >= 11 is 0. The molecule has 0 amide bonds. The third-order valence-corrected chi connectivity index (χ3v) is 2.60. The molecule has 3 rings (SSSR count). The average molecular weight is 221 g/mol. The van der Waals surface area contributed by atoms with E-state index in [1.54, 1.807) is 12.4 Å². The second-order valence-corrected chi connectivity index (χ2v) is 3.75. The summed E-state index contributed by atoms with van der Waals surface area (Å²) in [5.74, 6) is 0.835. The summed E-state index contributed by atoms with van der Waals surface area (Å²) in [7, 11) is 0. The van der Waals surface area contributed by atoms with E-state index in [0.717, 1.165) is 22.3 Å². The summed E-state index contributed by atoms with van der Waals surface area (Å²) in [6.07, 6.45) is 5.41. The van der Waals surface area contributed by atoms with Crippen molar-refractivity contribution in [2.45, 2.75) is 0 Å². The van der Waals surface area contributed by atoms with Gasteiger partial charge in [-0.05, 0) is 29.7 Å². The number of aromatic nitrogens is 2. The van der Waals surface area contributed by atoms with Gasteiger partial charge in [0.05, 0.1) is 0 Å². The highest BCUT2D eigenvalue weighted by molar-refractivity contribution is 5.92. The molecule has 1 aromatic carbocycles. The van der Waals surface area contributed by atoms with Gasteiger partial charge in [0, 0.05) is 29.7 Å². The number of pyridine rings is 2. The van der Waals surface area contributed by atoms with E-state index in [4.69, 9.17) is 0 Å². The van der Waals surface area contributed by atoms with Gasteiger partial charge in [0.25, 0.3) is 0 Å². The molecule has 0 saturated carbocycles. The lowest BCUT2D eigenvalue weighted by Gasteiger charge is -2.07. The van der Waals surface area contributed by atoms with Crippen molar-refractivity contribution in [1.82, 2.24) is 9.97 Å². The van der Waals surface area contributed by atoms with Gasteiger partial charge < -0.3 is 5.32 Å². The predicted molar refractivity (Wildman–Crippen MR) is 69.3 cm³/mol. The van der Waals surface area contributed by atoms with Crippen molar-refractivity contribution in [2.75, 3.05) is 5.32 Å². The van der Waals surface area contributed by atoms with Crippen LogP contribution in [0.1, 0.15) is 0 Å². The average Bonchev–Trinajstić information content (AvgIpc) is 2.40. The van der Waals surface area contributed by atoms with Crippen molar-refractivity contribution < 1.29 is 0 Å². The Hall–Kier alpha value is -2.42. The zero-order valence-electron chi connectivity index (χ0n) is 9.17. The van der Waals surface area contributed by atoms with Crippen LogP contribution in [0.5, 0.6) is 0 Å². The van der Waals surface area contributed by atoms with Gasteiger partial charge in [-0.3, -0.25) is 4.98 Å². The van der Waals surface area contributed by atoms with Gasteiger partial charge in [0.15, 0.2) is 0 Å². The number of fused-ring (bicyclic) bond motifs is 1. The lowest BCUT2D eigenvalue weighted by Crippen LogP contribution is -1.94. The predicted octanol–water partition coefficient (Wildman–Crippen LogP) is 3.37. The first-order valence-corrected chi connectivity index (χ1v) is 5.44. The fourth-order valence-corrected chi connectivity index (χ4v) is 1.77. The summed E-state index contributed by atoms with van der Waals surface area (Å²) < 4.78 is 0. The monoisotopic (exact) mass is 221 g/mol. The van der Waals surface area contributed by atoms with E-state index in [-0.39, 0.29) is 0 Å². The van der Waals surface area contributed by atoms with Gasteiger partial charge in [0.1, 0.15) is 5.82 Å². The van der Waals surface area contributed by atoms with Gasteiger partial charge in [-0.2, -0.15) is 0 Å². The Kier molecular flexibility index (Phi) is 2.43. The zero-order chi connectivity index (χ0) is 11.5. The number of anilines is 2. The molecule has 17 heavy (non-hydrogen) atoms. The third kappa shape index (κ3) is 1.95. The van der Waals surface area contributed by atoms with Crippen molar-refractivity contribution in [1.29, 1.82) is 0 Å². The first-order valence-electron chi connectivity index (χ1n) is 5.44. The van der Waals surface area contributed by atoms with Crippen LogP contribution >= 0.6 is 0 Å². The molecular weight excluding hydrogens is 210 g/mol. The fraction of sp³-hybridized carbons (Fsp3) is 0. The maximum Gasteiger partial charge on any atom is 0.139 e. The van der Waals surface area contributed by atoms with Crippen molar-refractivity contribution in [3.63, 3.8) is 0 Å². The molecule has 0 aliphatic rings. The van der Waals surface area contributed by atoms with Gasteiger partial charge in [-0.25, -0.2) is 4.98 Å². The SMILES string of the molecule is c1ccc(Nc2nccc3ccncc23)cc1. The Labute approximate surface area is 99.2 Å². The maximum absolute atomic E-state index is 4.35. The number of hydrogen-bond donors (Lipinski definition) is 1. The minimum absolute atomic E-state index is 0.835. The largest absolute Gasteiger partial charge is 0.340 e. The van der Waals surface area contributed by atoms with Crippen LogP contribution in [0, 0.1) is 0 Å². The minimum atomic E-state index is 0.835. The smallest absolute Gasteiger partial charge is 0.139 e. The molecule has 0 spiro atoms.